The summed E-state index contributed by atoms with van der Waals surface area (Å²) >= 11 is 0. The van der Waals surface area contributed by atoms with Crippen molar-refractivity contribution in [3.63, 3.8) is 0 Å². The highest BCUT2D eigenvalue weighted by Crippen LogP contribution is 2.24. The van der Waals surface area contributed by atoms with Crippen molar-refractivity contribution in [3.05, 3.63) is 0 Å². The van der Waals surface area contributed by atoms with Crippen LogP contribution in [0.4, 0.5) is 0 Å². The van der Waals surface area contributed by atoms with Gasteiger partial charge in [0.2, 0.25) is 35.4 Å². The van der Waals surface area contributed by atoms with Crippen molar-refractivity contribution >= 4 is 35.4 Å². The molecule has 12 N–H and O–H groups in total. The molecule has 0 aliphatic carbocycles. The van der Waals surface area contributed by atoms with E-state index >= 15 is 0 Å². The summed E-state index contributed by atoms with van der Waals surface area (Å²) in [5.74, 6) is -2.50. The van der Waals surface area contributed by atoms with Crippen LogP contribution in [0.5, 0.6) is 0 Å². The van der Waals surface area contributed by atoms with Crippen molar-refractivity contribution in [3.8, 4) is 0 Å². The van der Waals surface area contributed by atoms with Gasteiger partial charge in [0, 0.05) is 79.2 Å². The molecule has 0 aromatic heterocycles. The number of rotatable bonds is 32. The number of aliphatic hydroxyl groups is 6. The Morgan fingerprint density at radius 1 is 0.562 bits per heavy atom. The molecular formula is C41H74N6O17. The molecule has 11 atom stereocenters. The highest BCUT2D eigenvalue weighted by atomic mass is 16.7. The van der Waals surface area contributed by atoms with Crippen LogP contribution in [0.2, 0.25) is 0 Å². The highest BCUT2D eigenvalue weighted by molar-refractivity contribution is 5.85. The normalized spacial score (nSPS) is 26.0. The van der Waals surface area contributed by atoms with Crippen molar-refractivity contribution in [1.82, 2.24) is 31.9 Å². The first-order valence-electron chi connectivity index (χ1n) is 22.2. The van der Waals surface area contributed by atoms with Crippen molar-refractivity contribution in [2.75, 3.05) is 59.8 Å². The van der Waals surface area contributed by atoms with E-state index in [1.165, 1.54) is 13.8 Å². The standard InChI is InChI=1S/C41H74N6O17/c1-25(50)45-34-38(58)36(56)28(23-48)63-40(34)61-19-11-6-9-16-42-31(53)15-14-27(21-32(54)43-17-8-4-5-10-18-60-3)47-33(55)22-44-30(52)13-7-12-20-62-41-35(46-26(2)51)39(59)37(57)29(24-49)64-41/h27-29,34-41,48-49,56-59H,4-24H2,1-3H3,(H,42,53)(H,43,54)(H,44,52)(H,45,50)(H,46,51)(H,47,55)/t27-,28?,29?,34?,35?,36+,37+,38+,39+,40+,41+/m0/s1. The van der Waals surface area contributed by atoms with Gasteiger partial charge in [0.25, 0.3) is 0 Å². The molecule has 6 amide bonds. The van der Waals surface area contributed by atoms with E-state index < -0.39 is 104 Å². The van der Waals surface area contributed by atoms with Crippen LogP contribution in [0, 0.1) is 0 Å². The lowest BCUT2D eigenvalue weighted by molar-refractivity contribution is -0.270. The lowest BCUT2D eigenvalue weighted by atomic mass is 9.97. The fourth-order valence-corrected chi connectivity index (χ4v) is 7.06. The summed E-state index contributed by atoms with van der Waals surface area (Å²) < 4.78 is 27.5. The van der Waals surface area contributed by atoms with Crippen LogP contribution in [0.25, 0.3) is 0 Å². The average Bonchev–Trinajstić information content (AvgIpc) is 3.25. The van der Waals surface area contributed by atoms with Gasteiger partial charge in [-0.15, -0.1) is 0 Å². The number of nitrogens with one attached hydrogen (secondary N) is 6. The number of ether oxygens (including phenoxy) is 5. The van der Waals surface area contributed by atoms with Gasteiger partial charge in [-0.25, -0.2) is 0 Å². The number of carbonyl (C=O) groups excluding carboxylic acids is 6. The first-order valence-corrected chi connectivity index (χ1v) is 22.2. The molecule has 2 heterocycles. The Hall–Kier alpha value is -3.62. The summed E-state index contributed by atoms with van der Waals surface area (Å²) in [5, 5.41) is 76.0. The van der Waals surface area contributed by atoms with Crippen molar-refractivity contribution in [1.29, 1.82) is 0 Å². The third kappa shape index (κ3) is 22.0. The largest absolute Gasteiger partial charge is 0.394 e. The molecule has 2 aliphatic rings. The molecule has 2 aliphatic heterocycles. The number of hydrogen-bond acceptors (Lipinski definition) is 17. The Morgan fingerprint density at radius 3 is 1.55 bits per heavy atom. The number of methoxy groups -OCH3 is 1. The summed E-state index contributed by atoms with van der Waals surface area (Å²) in [6.45, 7) is 2.66. The van der Waals surface area contributed by atoms with E-state index in [2.05, 4.69) is 31.9 Å². The topological polar surface area (TPSA) is 342 Å². The van der Waals surface area contributed by atoms with E-state index in [0.717, 1.165) is 25.7 Å². The number of unbranched alkanes of at least 4 members (excludes halogenated alkanes) is 6. The van der Waals surface area contributed by atoms with E-state index in [-0.39, 0.29) is 57.3 Å². The summed E-state index contributed by atoms with van der Waals surface area (Å²) in [4.78, 5) is 74.2. The molecule has 64 heavy (non-hydrogen) atoms. The lowest BCUT2D eigenvalue weighted by Gasteiger charge is -2.42. The summed E-state index contributed by atoms with van der Waals surface area (Å²) in [6.07, 6.45) is -4.05. The predicted molar refractivity (Wildman–Crippen MR) is 225 cm³/mol. The maximum Gasteiger partial charge on any atom is 0.239 e. The first kappa shape index (κ1) is 56.5. The lowest BCUT2D eigenvalue weighted by Crippen LogP contribution is -2.64. The Labute approximate surface area is 374 Å². The van der Waals surface area contributed by atoms with E-state index in [9.17, 15) is 59.4 Å². The molecule has 2 rings (SSSR count). The van der Waals surface area contributed by atoms with Gasteiger partial charge < -0.3 is 86.2 Å². The summed E-state index contributed by atoms with van der Waals surface area (Å²) in [7, 11) is 1.64. The number of hydrogen-bond donors (Lipinski definition) is 12. The molecule has 23 heteroatoms. The molecule has 2 fully saturated rings. The van der Waals surface area contributed by atoms with E-state index in [1.807, 2.05) is 0 Å². The molecular weight excluding hydrogens is 848 g/mol. The second-order valence-electron chi connectivity index (χ2n) is 16.0. The number of amides is 6. The monoisotopic (exact) mass is 923 g/mol. The van der Waals surface area contributed by atoms with Crippen LogP contribution in [0.1, 0.15) is 97.3 Å². The zero-order chi connectivity index (χ0) is 47.4. The highest BCUT2D eigenvalue weighted by Gasteiger charge is 2.46. The Bertz CT molecular complexity index is 1400. The van der Waals surface area contributed by atoms with Gasteiger partial charge in [-0.3, -0.25) is 28.8 Å². The number of carbonyl (C=O) groups is 6. The molecule has 4 unspecified atom stereocenters. The van der Waals surface area contributed by atoms with E-state index in [4.69, 9.17) is 23.7 Å². The van der Waals surface area contributed by atoms with Gasteiger partial charge in [-0.05, 0) is 51.4 Å². The third-order valence-electron chi connectivity index (χ3n) is 10.6. The van der Waals surface area contributed by atoms with Crippen molar-refractivity contribution in [2.24, 2.45) is 0 Å². The van der Waals surface area contributed by atoms with Crippen LogP contribution >= 0.6 is 0 Å². The summed E-state index contributed by atoms with van der Waals surface area (Å²) in [5.41, 5.74) is 0. The van der Waals surface area contributed by atoms with Gasteiger partial charge in [-0.2, -0.15) is 0 Å². The predicted octanol–water partition coefficient (Wildman–Crippen LogP) is -3.54. The molecule has 2 saturated heterocycles. The average molecular weight is 923 g/mol. The fraction of sp³-hybridized carbons (Fsp3) is 0.854. The Kier molecular flexibility index (Phi) is 28.4. The van der Waals surface area contributed by atoms with Crippen LogP contribution in [-0.2, 0) is 52.5 Å². The van der Waals surface area contributed by atoms with E-state index in [1.54, 1.807) is 7.11 Å². The van der Waals surface area contributed by atoms with Gasteiger partial charge in [0.05, 0.1) is 19.8 Å². The molecule has 0 bridgehead atoms. The maximum atomic E-state index is 12.9. The second-order valence-corrected chi connectivity index (χ2v) is 16.0. The molecule has 0 aromatic carbocycles. The molecule has 0 aromatic rings. The SMILES string of the molecule is COCCCCCCNC(=O)C[C@H](CCC(=O)NCCCCCO[C@@H]1OC(CO)[C@@H](O)[C@H](O)C1NC(C)=O)NC(=O)CNC(=O)CCCCO[C@@H]1OC(CO)[C@@H](O)[C@H](O)C1NC(C)=O. The Balaban J connectivity index is 1.77. The minimum absolute atomic E-state index is 0.0106. The van der Waals surface area contributed by atoms with Gasteiger partial charge in [0.15, 0.2) is 12.6 Å². The minimum atomic E-state index is -1.45. The second kappa shape index (κ2) is 32.1. The van der Waals surface area contributed by atoms with Crippen LogP contribution < -0.4 is 31.9 Å². The van der Waals surface area contributed by atoms with Crippen LogP contribution in [0.3, 0.4) is 0 Å². The van der Waals surface area contributed by atoms with Crippen LogP contribution in [0.15, 0.2) is 0 Å². The van der Waals surface area contributed by atoms with Gasteiger partial charge >= 0.3 is 0 Å². The Morgan fingerprint density at radius 2 is 1.03 bits per heavy atom. The molecule has 0 saturated carbocycles. The smallest absolute Gasteiger partial charge is 0.239 e. The van der Waals surface area contributed by atoms with Gasteiger partial charge in [0.1, 0.15) is 48.7 Å². The molecule has 0 radical (unpaired) electrons. The minimum Gasteiger partial charge on any atom is -0.394 e. The van der Waals surface area contributed by atoms with Crippen molar-refractivity contribution < 1.29 is 83.1 Å². The zero-order valence-electron chi connectivity index (χ0n) is 37.4. The summed E-state index contributed by atoms with van der Waals surface area (Å²) in [6, 6.07) is -2.83. The van der Waals surface area contributed by atoms with Crippen molar-refractivity contribution in [2.45, 2.75) is 165 Å². The van der Waals surface area contributed by atoms with Gasteiger partial charge in [-0.1, -0.05) is 12.8 Å². The van der Waals surface area contributed by atoms with E-state index in [0.29, 0.717) is 51.8 Å². The zero-order valence-corrected chi connectivity index (χ0v) is 37.4. The first-order chi connectivity index (χ1) is 30.6. The molecule has 23 nitrogen and oxygen atoms in total. The fourth-order valence-electron chi connectivity index (χ4n) is 7.06. The molecule has 0 spiro atoms. The van der Waals surface area contributed by atoms with Crippen LogP contribution in [-0.4, -0.2) is 193 Å². The quantitative estimate of drug-likeness (QED) is 0.0291. The third-order valence-corrected chi connectivity index (χ3v) is 10.6. The molecule has 370 valence electrons. The number of aliphatic hydroxyl groups excluding tert-OH is 6. The maximum absolute atomic E-state index is 12.9.